The Morgan fingerprint density at radius 2 is 2.28 bits per heavy atom. The van der Waals surface area contributed by atoms with Crippen LogP contribution in [-0.4, -0.2) is 52.6 Å². The van der Waals surface area contributed by atoms with Gasteiger partial charge in [0.2, 0.25) is 5.60 Å². The van der Waals surface area contributed by atoms with Crippen LogP contribution in [0, 0.1) is 17.7 Å². The zero-order valence-corrected chi connectivity index (χ0v) is 16.4. The molecule has 2 aromatic rings. The van der Waals surface area contributed by atoms with E-state index >= 15 is 0 Å². The highest BCUT2D eigenvalue weighted by atomic mass is 32.1. The third-order valence-electron chi connectivity index (χ3n) is 4.96. The zero-order chi connectivity index (χ0) is 20.8. The van der Waals surface area contributed by atoms with E-state index in [9.17, 15) is 19.1 Å². The van der Waals surface area contributed by atoms with Crippen molar-refractivity contribution >= 4 is 23.2 Å². The summed E-state index contributed by atoms with van der Waals surface area (Å²) in [6, 6.07) is 2.67. The minimum atomic E-state index is -1.84. The van der Waals surface area contributed by atoms with Crippen LogP contribution in [0.2, 0.25) is 0 Å². The van der Waals surface area contributed by atoms with E-state index in [2.05, 4.69) is 16.8 Å². The van der Waals surface area contributed by atoms with Crippen LogP contribution in [0.1, 0.15) is 33.1 Å². The molecule has 7 nitrogen and oxygen atoms in total. The fraction of sp³-hybridized carbons (Fsp3) is 0.350. The van der Waals surface area contributed by atoms with Gasteiger partial charge in [0.25, 0.3) is 11.8 Å². The highest BCUT2D eigenvalue weighted by Crippen LogP contribution is 2.38. The summed E-state index contributed by atoms with van der Waals surface area (Å²) in [6.07, 6.45) is 1.31. The molecule has 1 unspecified atom stereocenters. The molecule has 0 aliphatic carbocycles. The van der Waals surface area contributed by atoms with Crippen molar-refractivity contribution in [3.63, 3.8) is 0 Å². The number of likely N-dealkylation sites (N-methyl/N-ethyl adjacent to an activating group) is 1. The number of ether oxygens (including phenoxy) is 1. The number of rotatable bonds is 1. The highest BCUT2D eigenvalue weighted by molar-refractivity contribution is 7.14. The summed E-state index contributed by atoms with van der Waals surface area (Å²) >= 11 is 1.18. The maximum absolute atomic E-state index is 14.6. The average Bonchev–Trinajstić information content (AvgIpc) is 3.03. The summed E-state index contributed by atoms with van der Waals surface area (Å²) in [5.41, 5.74) is 4.50. The van der Waals surface area contributed by atoms with Crippen LogP contribution in [0.25, 0.3) is 11.3 Å². The van der Waals surface area contributed by atoms with Gasteiger partial charge in [-0.25, -0.2) is 9.37 Å². The van der Waals surface area contributed by atoms with Gasteiger partial charge in [0.15, 0.2) is 5.01 Å². The monoisotopic (exact) mass is 415 g/mol. The molecule has 0 bridgehead atoms. The van der Waals surface area contributed by atoms with Crippen molar-refractivity contribution in [3.8, 4) is 28.8 Å². The maximum Gasteiger partial charge on any atom is 0.277 e. The Morgan fingerprint density at radius 1 is 1.48 bits per heavy atom. The number of amides is 2. The normalized spacial score (nSPS) is 20.7. The van der Waals surface area contributed by atoms with E-state index in [0.29, 0.717) is 43.0 Å². The Kier molecular flexibility index (Phi) is 4.76. The van der Waals surface area contributed by atoms with Crippen LogP contribution in [-0.2, 0) is 11.2 Å². The average molecular weight is 415 g/mol. The van der Waals surface area contributed by atoms with E-state index < -0.39 is 23.2 Å². The SMILES string of the molecule is CN1CCCC(O)(C#Cc2cc3c(cc2F)OCCc2sc(C(N)=O)nc2-3)C1=O. The minimum Gasteiger partial charge on any atom is -0.492 e. The second-order valence-corrected chi connectivity index (χ2v) is 8.11. The van der Waals surface area contributed by atoms with E-state index in [0.717, 1.165) is 4.88 Å². The van der Waals surface area contributed by atoms with Crippen molar-refractivity contribution in [1.29, 1.82) is 0 Å². The number of nitrogens with two attached hydrogens (primary N) is 1. The lowest BCUT2D eigenvalue weighted by Gasteiger charge is -2.32. The molecular weight excluding hydrogens is 397 g/mol. The number of primary amides is 1. The molecule has 1 aromatic heterocycles. The molecule has 0 radical (unpaired) electrons. The highest BCUT2D eigenvalue weighted by Gasteiger charge is 2.39. The van der Waals surface area contributed by atoms with Crippen molar-refractivity contribution in [2.24, 2.45) is 5.73 Å². The minimum absolute atomic E-state index is 0.00303. The molecule has 3 heterocycles. The predicted octanol–water partition coefficient (Wildman–Crippen LogP) is 1.32. The van der Waals surface area contributed by atoms with Gasteiger partial charge >= 0.3 is 0 Å². The first-order valence-corrected chi connectivity index (χ1v) is 9.87. The standard InChI is InChI=1S/C20H18FN3O4S/c1-24-7-2-5-20(27,19(24)26)6-3-11-9-12-14(10-13(11)21)28-8-4-15-16(12)23-18(29-15)17(22)25/h9-10,27H,2,4-5,7-8H2,1H3,(H2,22,25). The van der Waals surface area contributed by atoms with E-state index in [-0.39, 0.29) is 17.0 Å². The van der Waals surface area contributed by atoms with Crippen LogP contribution in [0.3, 0.4) is 0 Å². The number of nitrogens with zero attached hydrogens (tertiary/aromatic N) is 2. The maximum atomic E-state index is 14.6. The fourth-order valence-electron chi connectivity index (χ4n) is 3.43. The Morgan fingerprint density at radius 3 is 3.03 bits per heavy atom. The number of thiazole rings is 1. The molecule has 4 rings (SSSR count). The van der Waals surface area contributed by atoms with Crippen LogP contribution in [0.5, 0.6) is 5.75 Å². The lowest BCUT2D eigenvalue weighted by molar-refractivity contribution is -0.148. The number of carbonyl (C=O) groups is 2. The van der Waals surface area contributed by atoms with Crippen LogP contribution in [0.15, 0.2) is 12.1 Å². The summed E-state index contributed by atoms with van der Waals surface area (Å²) in [6.45, 7) is 0.855. The number of benzene rings is 1. The third kappa shape index (κ3) is 3.45. The Labute approximate surface area is 170 Å². The molecule has 2 aliphatic heterocycles. The largest absolute Gasteiger partial charge is 0.492 e. The third-order valence-corrected chi connectivity index (χ3v) is 6.09. The van der Waals surface area contributed by atoms with Crippen molar-refractivity contribution in [3.05, 3.63) is 33.4 Å². The molecule has 9 heteroatoms. The van der Waals surface area contributed by atoms with Crippen LogP contribution < -0.4 is 10.5 Å². The molecule has 3 N–H and O–H groups in total. The smallest absolute Gasteiger partial charge is 0.277 e. The molecule has 0 spiro atoms. The molecule has 1 saturated heterocycles. The lowest BCUT2D eigenvalue weighted by atomic mass is 9.92. The van der Waals surface area contributed by atoms with E-state index in [1.807, 2.05) is 0 Å². The quantitative estimate of drug-likeness (QED) is 0.684. The molecule has 2 amide bonds. The fourth-order valence-corrected chi connectivity index (χ4v) is 4.34. The number of piperidine rings is 1. The van der Waals surface area contributed by atoms with Crippen molar-refractivity contribution in [1.82, 2.24) is 9.88 Å². The van der Waals surface area contributed by atoms with Gasteiger partial charge < -0.3 is 20.5 Å². The van der Waals surface area contributed by atoms with Gasteiger partial charge in [-0.1, -0.05) is 11.8 Å². The number of hydrogen-bond acceptors (Lipinski definition) is 6. The summed E-state index contributed by atoms with van der Waals surface area (Å²) in [7, 11) is 1.59. The first-order chi connectivity index (χ1) is 13.8. The predicted molar refractivity (Wildman–Crippen MR) is 104 cm³/mol. The molecule has 1 fully saturated rings. The number of carbonyl (C=O) groups excluding carboxylic acids is 2. The van der Waals surface area contributed by atoms with E-state index in [1.165, 1.54) is 28.4 Å². The molecule has 29 heavy (non-hydrogen) atoms. The molecule has 1 aromatic carbocycles. The van der Waals surface area contributed by atoms with E-state index in [4.69, 9.17) is 10.5 Å². The first-order valence-electron chi connectivity index (χ1n) is 9.06. The Hall–Kier alpha value is -2.96. The summed E-state index contributed by atoms with van der Waals surface area (Å²) in [5.74, 6) is 3.69. The van der Waals surface area contributed by atoms with Gasteiger partial charge in [-0.05, 0) is 18.9 Å². The number of fused-ring (bicyclic) bond motifs is 3. The second-order valence-electron chi connectivity index (χ2n) is 7.02. The second kappa shape index (κ2) is 7.13. The van der Waals surface area contributed by atoms with E-state index in [1.54, 1.807) is 7.05 Å². The van der Waals surface area contributed by atoms with Gasteiger partial charge in [-0.2, -0.15) is 0 Å². The van der Waals surface area contributed by atoms with Crippen molar-refractivity contribution in [2.45, 2.75) is 24.9 Å². The summed E-state index contributed by atoms with van der Waals surface area (Å²) < 4.78 is 20.2. The topological polar surface area (TPSA) is 106 Å². The van der Waals surface area contributed by atoms with Gasteiger partial charge in [-0.15, -0.1) is 11.3 Å². The van der Waals surface area contributed by atoms with Gasteiger partial charge in [0.1, 0.15) is 11.6 Å². The summed E-state index contributed by atoms with van der Waals surface area (Å²) in [4.78, 5) is 30.3. The van der Waals surface area contributed by atoms with Crippen molar-refractivity contribution in [2.75, 3.05) is 20.2 Å². The molecule has 150 valence electrons. The van der Waals surface area contributed by atoms with Crippen LogP contribution >= 0.6 is 11.3 Å². The number of hydrogen-bond donors (Lipinski definition) is 2. The van der Waals surface area contributed by atoms with Gasteiger partial charge in [0, 0.05) is 36.5 Å². The van der Waals surface area contributed by atoms with Gasteiger partial charge in [-0.3, -0.25) is 9.59 Å². The molecule has 0 saturated carbocycles. The number of likely N-dealkylation sites (tertiary alicyclic amines) is 1. The van der Waals surface area contributed by atoms with Gasteiger partial charge in [0.05, 0.1) is 17.9 Å². The molecule has 1 atom stereocenters. The first kappa shape index (κ1) is 19.4. The zero-order valence-electron chi connectivity index (χ0n) is 15.6. The molecular formula is C20H18FN3O4S. The lowest BCUT2D eigenvalue weighted by Crippen LogP contribution is -2.51. The van der Waals surface area contributed by atoms with Crippen molar-refractivity contribution < 1.29 is 23.8 Å². The Balaban J connectivity index is 1.78. The number of halogens is 1. The Bertz CT molecular complexity index is 1090. The number of aliphatic hydroxyl groups is 1. The number of aromatic nitrogens is 1. The summed E-state index contributed by atoms with van der Waals surface area (Å²) in [5, 5.41) is 10.8. The van der Waals surface area contributed by atoms with Crippen LogP contribution in [0.4, 0.5) is 4.39 Å². The molecule has 2 aliphatic rings.